The normalized spacial score (nSPS) is 18.0. The van der Waals surface area contributed by atoms with Gasteiger partial charge in [-0.05, 0) is 55.0 Å². The highest BCUT2D eigenvalue weighted by Gasteiger charge is 2.48. The molecule has 3 aromatic rings. The Morgan fingerprint density at radius 1 is 1.00 bits per heavy atom. The topological polar surface area (TPSA) is 54.5 Å². The molecule has 4 rings (SSSR count). The summed E-state index contributed by atoms with van der Waals surface area (Å²) in [6.45, 7) is 1.88. The number of halogens is 1. The lowest BCUT2D eigenvalue weighted by Crippen LogP contribution is -2.44. The maximum Gasteiger partial charge on any atom is 0.265 e. The van der Waals surface area contributed by atoms with Gasteiger partial charge in [-0.3, -0.25) is 9.10 Å². The molecule has 0 N–H and O–H groups in total. The minimum absolute atomic E-state index is 0.106. The van der Waals surface area contributed by atoms with Gasteiger partial charge in [-0.2, -0.15) is 0 Å². The number of rotatable bonds is 4. The fourth-order valence-corrected chi connectivity index (χ4v) is 5.51. The summed E-state index contributed by atoms with van der Waals surface area (Å²) in [5.41, 5.74) is 2.35. The fourth-order valence-electron chi connectivity index (χ4n) is 3.73. The molecule has 0 saturated heterocycles. The molecule has 1 aliphatic rings. The van der Waals surface area contributed by atoms with Crippen LogP contribution < -0.4 is 4.31 Å². The van der Waals surface area contributed by atoms with E-state index in [1.54, 1.807) is 72.8 Å². The molecule has 3 aromatic carbocycles. The zero-order chi connectivity index (χ0) is 21.5. The number of sulfonamides is 1. The summed E-state index contributed by atoms with van der Waals surface area (Å²) < 4.78 is 28.5. The van der Waals surface area contributed by atoms with Gasteiger partial charge in [0.15, 0.2) is 5.78 Å². The number of terminal acetylenes is 1. The predicted molar refractivity (Wildman–Crippen MR) is 118 cm³/mol. The molecule has 0 fully saturated rings. The summed E-state index contributed by atoms with van der Waals surface area (Å²) in [6, 6.07) is 18.8. The van der Waals surface area contributed by atoms with Gasteiger partial charge in [0.25, 0.3) is 10.0 Å². The second kappa shape index (κ2) is 7.64. The van der Waals surface area contributed by atoms with Gasteiger partial charge < -0.3 is 0 Å². The Kier molecular flexibility index (Phi) is 5.15. The summed E-state index contributed by atoms with van der Waals surface area (Å²) >= 11 is 5.95. The van der Waals surface area contributed by atoms with Crippen molar-refractivity contribution in [3.63, 3.8) is 0 Å². The van der Waals surface area contributed by atoms with Crippen molar-refractivity contribution in [1.82, 2.24) is 0 Å². The summed E-state index contributed by atoms with van der Waals surface area (Å²) in [5, 5.41) is 0.485. The monoisotopic (exact) mass is 435 g/mol. The molecule has 0 radical (unpaired) electrons. The van der Waals surface area contributed by atoms with E-state index in [2.05, 4.69) is 5.92 Å². The molecule has 0 aliphatic carbocycles. The number of Topliss-reactive ketones (excluding diaryl/α,β-unsaturated/α-hetero) is 1. The number of fused-ring (bicyclic) bond motifs is 1. The first-order valence-electron chi connectivity index (χ1n) is 9.30. The van der Waals surface area contributed by atoms with E-state index >= 15 is 0 Å². The van der Waals surface area contributed by atoms with E-state index < -0.39 is 22.0 Å². The molecule has 1 heterocycles. The Morgan fingerprint density at radius 2 is 1.63 bits per heavy atom. The van der Waals surface area contributed by atoms with Crippen LogP contribution in [-0.4, -0.2) is 20.2 Å². The van der Waals surface area contributed by atoms with E-state index in [9.17, 15) is 13.2 Å². The van der Waals surface area contributed by atoms with E-state index in [0.717, 1.165) is 5.56 Å². The zero-order valence-electron chi connectivity index (χ0n) is 16.1. The van der Waals surface area contributed by atoms with Gasteiger partial charge in [-0.15, -0.1) is 6.42 Å². The van der Waals surface area contributed by atoms with Crippen LogP contribution in [0.15, 0.2) is 77.7 Å². The van der Waals surface area contributed by atoms with Gasteiger partial charge in [0.05, 0.1) is 16.5 Å². The van der Waals surface area contributed by atoms with Crippen LogP contribution in [0.3, 0.4) is 0 Å². The fraction of sp³-hybridized carbons (Fsp3) is 0.125. The summed E-state index contributed by atoms with van der Waals surface area (Å²) in [5.74, 6) is 1.56. The third kappa shape index (κ3) is 3.28. The van der Waals surface area contributed by atoms with Gasteiger partial charge in [0.1, 0.15) is 6.04 Å². The van der Waals surface area contributed by atoms with Crippen LogP contribution in [0.2, 0.25) is 5.02 Å². The SMILES string of the molecule is C#C[C@H]1c2ccccc2N(S(=O)(=O)c2ccc(C)cc2)[C@@H]1C(=O)c1ccc(Cl)cc1. The number of aryl methyl sites for hydroxylation is 1. The van der Waals surface area contributed by atoms with Gasteiger partial charge in [-0.25, -0.2) is 8.42 Å². The summed E-state index contributed by atoms with van der Waals surface area (Å²) in [6.07, 6.45) is 5.80. The maximum absolute atomic E-state index is 13.7. The Labute approximate surface area is 181 Å². The van der Waals surface area contributed by atoms with E-state index in [-0.39, 0.29) is 10.7 Å². The lowest BCUT2D eigenvalue weighted by molar-refractivity contribution is 0.0962. The molecule has 0 saturated carbocycles. The summed E-state index contributed by atoms with van der Waals surface area (Å²) in [4.78, 5) is 13.6. The number of hydrogen-bond donors (Lipinski definition) is 0. The number of hydrogen-bond acceptors (Lipinski definition) is 3. The van der Waals surface area contributed by atoms with Crippen LogP contribution in [0.25, 0.3) is 0 Å². The highest BCUT2D eigenvalue weighted by molar-refractivity contribution is 7.93. The first-order valence-corrected chi connectivity index (χ1v) is 11.1. The largest absolute Gasteiger partial charge is 0.292 e. The highest BCUT2D eigenvalue weighted by atomic mass is 35.5. The third-order valence-electron chi connectivity index (χ3n) is 5.23. The molecule has 1 aliphatic heterocycles. The third-order valence-corrected chi connectivity index (χ3v) is 7.29. The Bertz CT molecular complexity index is 1260. The molecule has 0 bridgehead atoms. The molecule has 150 valence electrons. The quantitative estimate of drug-likeness (QED) is 0.436. The minimum atomic E-state index is -4.03. The van der Waals surface area contributed by atoms with Crippen molar-refractivity contribution in [1.29, 1.82) is 0 Å². The molecule has 0 amide bonds. The standard InChI is InChI=1S/C24H18ClNO3S/c1-3-20-21-6-4-5-7-22(21)26(30(28,29)19-14-8-16(2)9-15-19)23(20)24(27)17-10-12-18(25)13-11-17/h1,4-15,20,23H,2H3/t20-,23-/m0/s1. The molecule has 0 spiro atoms. The lowest BCUT2D eigenvalue weighted by Gasteiger charge is -2.27. The number of benzene rings is 3. The van der Waals surface area contributed by atoms with Gasteiger partial charge in [0, 0.05) is 10.6 Å². The number of carbonyl (C=O) groups is 1. The second-order valence-corrected chi connectivity index (χ2v) is 9.38. The van der Waals surface area contributed by atoms with Crippen molar-refractivity contribution in [2.75, 3.05) is 4.31 Å². The van der Waals surface area contributed by atoms with E-state index in [0.29, 0.717) is 21.8 Å². The number of para-hydroxylation sites is 1. The Morgan fingerprint density at radius 3 is 2.27 bits per heavy atom. The summed E-state index contributed by atoms with van der Waals surface area (Å²) in [7, 11) is -4.03. The number of carbonyl (C=O) groups excluding carboxylic acids is 1. The van der Waals surface area contributed by atoms with Crippen LogP contribution in [0.5, 0.6) is 0 Å². The molecular formula is C24H18ClNO3S. The average molecular weight is 436 g/mol. The van der Waals surface area contributed by atoms with Crippen LogP contribution in [0.1, 0.15) is 27.4 Å². The van der Waals surface area contributed by atoms with E-state index in [4.69, 9.17) is 18.0 Å². The van der Waals surface area contributed by atoms with Crippen molar-refractivity contribution in [3.8, 4) is 12.3 Å². The molecule has 30 heavy (non-hydrogen) atoms. The van der Waals surface area contributed by atoms with Crippen molar-refractivity contribution < 1.29 is 13.2 Å². The highest BCUT2D eigenvalue weighted by Crippen LogP contribution is 2.44. The minimum Gasteiger partial charge on any atom is -0.292 e. The molecule has 2 atom stereocenters. The van der Waals surface area contributed by atoms with E-state index in [1.165, 1.54) is 4.31 Å². The van der Waals surface area contributed by atoms with Gasteiger partial charge in [0.2, 0.25) is 0 Å². The smallest absolute Gasteiger partial charge is 0.265 e. The van der Waals surface area contributed by atoms with Crippen LogP contribution in [0, 0.1) is 19.3 Å². The molecular weight excluding hydrogens is 418 g/mol. The molecule has 0 aromatic heterocycles. The predicted octanol–water partition coefficient (Wildman–Crippen LogP) is 4.83. The van der Waals surface area contributed by atoms with Crippen molar-refractivity contribution >= 4 is 33.1 Å². The zero-order valence-corrected chi connectivity index (χ0v) is 17.7. The van der Waals surface area contributed by atoms with Crippen LogP contribution in [0.4, 0.5) is 5.69 Å². The Balaban J connectivity index is 1.90. The first-order chi connectivity index (χ1) is 14.3. The van der Waals surface area contributed by atoms with Crippen molar-refractivity contribution in [3.05, 3.63) is 94.5 Å². The Hall–Kier alpha value is -3.07. The van der Waals surface area contributed by atoms with Crippen molar-refractivity contribution in [2.24, 2.45) is 0 Å². The van der Waals surface area contributed by atoms with Crippen molar-refractivity contribution in [2.45, 2.75) is 23.8 Å². The second-order valence-electron chi connectivity index (χ2n) is 7.13. The van der Waals surface area contributed by atoms with Crippen LogP contribution >= 0.6 is 11.6 Å². The van der Waals surface area contributed by atoms with Gasteiger partial charge in [-0.1, -0.05) is 53.4 Å². The number of anilines is 1. The number of nitrogens with zero attached hydrogens (tertiary/aromatic N) is 1. The van der Waals surface area contributed by atoms with Crippen LogP contribution in [-0.2, 0) is 10.0 Å². The maximum atomic E-state index is 13.7. The number of ketones is 1. The molecule has 6 heteroatoms. The van der Waals surface area contributed by atoms with E-state index in [1.807, 2.05) is 6.92 Å². The average Bonchev–Trinajstić information content (AvgIpc) is 3.09. The molecule has 4 nitrogen and oxygen atoms in total. The first kappa shape index (κ1) is 20.2. The lowest BCUT2D eigenvalue weighted by atomic mass is 9.91. The molecule has 0 unspecified atom stereocenters. The van der Waals surface area contributed by atoms with Gasteiger partial charge >= 0.3 is 0 Å².